The topological polar surface area (TPSA) is 72.5 Å². The average Bonchev–Trinajstić information content (AvgIpc) is 2.53. The molecule has 1 saturated heterocycles. The molecule has 1 unspecified atom stereocenters. The summed E-state index contributed by atoms with van der Waals surface area (Å²) in [6.07, 6.45) is -0.0714. The summed E-state index contributed by atoms with van der Waals surface area (Å²) in [6, 6.07) is 3.58. The lowest BCUT2D eigenvalue weighted by molar-refractivity contribution is -0.0855. The van der Waals surface area contributed by atoms with Crippen LogP contribution in [0.1, 0.15) is 35.8 Å². The summed E-state index contributed by atoms with van der Waals surface area (Å²) >= 11 is 0. The molecule has 2 N–H and O–H groups in total. The predicted octanol–water partition coefficient (Wildman–Crippen LogP) is 1.39. The first kappa shape index (κ1) is 15.7. The largest absolute Gasteiger partial charge is 0.376 e. The number of pyridine rings is 1. The van der Waals surface area contributed by atoms with Crippen LogP contribution in [-0.4, -0.2) is 50.4 Å². The molecule has 116 valence electrons. The standard InChI is InChI=1S/C15H23N3O3/c1-10(2)13-6-11(7-14(16-3)18-13)15(19)17-8-12-9-20-4-5-21-12/h6-7,10,12H,4-5,8-9H2,1-3H3,(H,16,18)(H,17,19). The molecule has 1 fully saturated rings. The second-order valence-electron chi connectivity index (χ2n) is 5.35. The third-order valence-corrected chi connectivity index (χ3v) is 3.33. The number of aromatic nitrogens is 1. The highest BCUT2D eigenvalue weighted by atomic mass is 16.6. The molecule has 2 rings (SSSR count). The summed E-state index contributed by atoms with van der Waals surface area (Å²) < 4.78 is 10.8. The number of nitrogens with one attached hydrogen (secondary N) is 2. The highest BCUT2D eigenvalue weighted by Crippen LogP contribution is 2.17. The minimum Gasteiger partial charge on any atom is -0.376 e. The molecule has 0 radical (unpaired) electrons. The van der Waals surface area contributed by atoms with Crippen molar-refractivity contribution in [1.29, 1.82) is 0 Å². The van der Waals surface area contributed by atoms with Crippen LogP contribution in [0.4, 0.5) is 5.82 Å². The van der Waals surface area contributed by atoms with Crippen LogP contribution in [-0.2, 0) is 9.47 Å². The fourth-order valence-corrected chi connectivity index (χ4v) is 2.07. The van der Waals surface area contributed by atoms with Gasteiger partial charge in [-0.3, -0.25) is 4.79 Å². The monoisotopic (exact) mass is 293 g/mol. The number of anilines is 1. The number of carbonyl (C=O) groups excluding carboxylic acids is 1. The molecule has 1 aliphatic heterocycles. The molecular formula is C15H23N3O3. The van der Waals surface area contributed by atoms with E-state index in [4.69, 9.17) is 9.47 Å². The van der Waals surface area contributed by atoms with E-state index in [1.54, 1.807) is 13.1 Å². The van der Waals surface area contributed by atoms with Crippen LogP contribution in [0.25, 0.3) is 0 Å². The first-order valence-electron chi connectivity index (χ1n) is 7.27. The maximum absolute atomic E-state index is 12.3. The molecule has 0 aliphatic carbocycles. The van der Waals surface area contributed by atoms with Gasteiger partial charge in [0, 0.05) is 24.8 Å². The Morgan fingerprint density at radius 3 is 2.86 bits per heavy atom. The van der Waals surface area contributed by atoms with E-state index in [0.717, 1.165) is 5.69 Å². The molecule has 0 aromatic carbocycles. The quantitative estimate of drug-likeness (QED) is 0.858. The van der Waals surface area contributed by atoms with Gasteiger partial charge < -0.3 is 20.1 Å². The van der Waals surface area contributed by atoms with Gasteiger partial charge in [0.15, 0.2) is 0 Å². The van der Waals surface area contributed by atoms with Crippen LogP contribution in [0.15, 0.2) is 12.1 Å². The molecule has 1 atom stereocenters. The van der Waals surface area contributed by atoms with Crippen molar-refractivity contribution in [2.75, 3.05) is 38.7 Å². The van der Waals surface area contributed by atoms with Crippen molar-refractivity contribution in [3.05, 3.63) is 23.4 Å². The molecule has 0 spiro atoms. The third-order valence-electron chi connectivity index (χ3n) is 3.33. The maximum atomic E-state index is 12.3. The average molecular weight is 293 g/mol. The molecule has 0 bridgehead atoms. The van der Waals surface area contributed by atoms with E-state index < -0.39 is 0 Å². The van der Waals surface area contributed by atoms with Crippen LogP contribution >= 0.6 is 0 Å². The van der Waals surface area contributed by atoms with Crippen molar-refractivity contribution in [3.63, 3.8) is 0 Å². The van der Waals surface area contributed by atoms with Gasteiger partial charge in [0.2, 0.25) is 0 Å². The predicted molar refractivity (Wildman–Crippen MR) is 80.8 cm³/mol. The summed E-state index contributed by atoms with van der Waals surface area (Å²) in [4.78, 5) is 16.7. The van der Waals surface area contributed by atoms with Crippen molar-refractivity contribution >= 4 is 11.7 Å². The van der Waals surface area contributed by atoms with Gasteiger partial charge in [0.1, 0.15) is 5.82 Å². The Bertz CT molecular complexity index is 485. The van der Waals surface area contributed by atoms with E-state index in [-0.39, 0.29) is 17.9 Å². The maximum Gasteiger partial charge on any atom is 0.251 e. The molecule has 1 aromatic heterocycles. The smallest absolute Gasteiger partial charge is 0.251 e. The van der Waals surface area contributed by atoms with Crippen LogP contribution in [0.2, 0.25) is 0 Å². The van der Waals surface area contributed by atoms with E-state index in [9.17, 15) is 4.79 Å². The Kier molecular flexibility index (Phi) is 5.52. The molecule has 6 nitrogen and oxygen atoms in total. The summed E-state index contributed by atoms with van der Waals surface area (Å²) in [5.74, 6) is 0.841. The lowest BCUT2D eigenvalue weighted by Gasteiger charge is -2.23. The van der Waals surface area contributed by atoms with Gasteiger partial charge in [-0.1, -0.05) is 13.8 Å². The number of ether oxygens (including phenoxy) is 2. The van der Waals surface area contributed by atoms with Crippen molar-refractivity contribution < 1.29 is 14.3 Å². The number of carbonyl (C=O) groups is 1. The highest BCUT2D eigenvalue weighted by molar-refractivity contribution is 5.95. The first-order chi connectivity index (χ1) is 10.1. The van der Waals surface area contributed by atoms with Crippen LogP contribution in [0.5, 0.6) is 0 Å². The van der Waals surface area contributed by atoms with Crippen LogP contribution < -0.4 is 10.6 Å². The summed E-state index contributed by atoms with van der Waals surface area (Å²) in [6.45, 7) is 6.28. The molecular weight excluding hydrogens is 270 g/mol. The summed E-state index contributed by atoms with van der Waals surface area (Å²) in [5.41, 5.74) is 1.50. The zero-order valence-electron chi connectivity index (χ0n) is 12.8. The van der Waals surface area contributed by atoms with Crippen molar-refractivity contribution in [1.82, 2.24) is 10.3 Å². The van der Waals surface area contributed by atoms with E-state index in [1.165, 1.54) is 0 Å². The van der Waals surface area contributed by atoms with Crippen LogP contribution in [0.3, 0.4) is 0 Å². The van der Waals surface area contributed by atoms with Gasteiger partial charge in [0.25, 0.3) is 5.91 Å². The minimum absolute atomic E-state index is 0.0714. The number of amides is 1. The number of hydrogen-bond acceptors (Lipinski definition) is 5. The molecule has 1 aromatic rings. The van der Waals surface area contributed by atoms with Gasteiger partial charge in [-0.15, -0.1) is 0 Å². The van der Waals surface area contributed by atoms with Gasteiger partial charge >= 0.3 is 0 Å². The molecule has 1 amide bonds. The van der Waals surface area contributed by atoms with Gasteiger partial charge in [0.05, 0.1) is 25.9 Å². The molecule has 1 aliphatic rings. The van der Waals surface area contributed by atoms with Crippen molar-refractivity contribution in [2.45, 2.75) is 25.9 Å². The Labute approximate surface area is 125 Å². The zero-order valence-corrected chi connectivity index (χ0v) is 12.8. The first-order valence-corrected chi connectivity index (χ1v) is 7.27. The number of rotatable bonds is 5. The van der Waals surface area contributed by atoms with Gasteiger partial charge in [-0.2, -0.15) is 0 Å². The molecule has 6 heteroatoms. The van der Waals surface area contributed by atoms with Crippen LogP contribution in [0, 0.1) is 0 Å². The van der Waals surface area contributed by atoms with Gasteiger partial charge in [-0.05, 0) is 18.1 Å². The van der Waals surface area contributed by atoms with E-state index in [2.05, 4.69) is 29.5 Å². The zero-order chi connectivity index (χ0) is 15.2. The molecule has 21 heavy (non-hydrogen) atoms. The van der Waals surface area contributed by atoms with E-state index in [1.807, 2.05) is 6.07 Å². The van der Waals surface area contributed by atoms with Gasteiger partial charge in [-0.25, -0.2) is 4.98 Å². The SMILES string of the molecule is CNc1cc(C(=O)NCC2COCCO2)cc(C(C)C)n1. The lowest BCUT2D eigenvalue weighted by atomic mass is 10.1. The van der Waals surface area contributed by atoms with E-state index in [0.29, 0.717) is 37.7 Å². The number of hydrogen-bond donors (Lipinski definition) is 2. The second-order valence-corrected chi connectivity index (χ2v) is 5.35. The van der Waals surface area contributed by atoms with E-state index >= 15 is 0 Å². The Hall–Kier alpha value is -1.66. The minimum atomic E-state index is -0.120. The fraction of sp³-hybridized carbons (Fsp3) is 0.600. The molecule has 2 heterocycles. The number of nitrogens with zero attached hydrogens (tertiary/aromatic N) is 1. The molecule has 0 saturated carbocycles. The second kappa shape index (κ2) is 7.38. The Balaban J connectivity index is 2.02. The highest BCUT2D eigenvalue weighted by Gasteiger charge is 2.17. The van der Waals surface area contributed by atoms with Crippen molar-refractivity contribution in [3.8, 4) is 0 Å². The Morgan fingerprint density at radius 2 is 2.24 bits per heavy atom. The lowest BCUT2D eigenvalue weighted by Crippen LogP contribution is -2.39. The normalized spacial score (nSPS) is 18.6. The Morgan fingerprint density at radius 1 is 1.43 bits per heavy atom. The van der Waals surface area contributed by atoms with Crippen molar-refractivity contribution in [2.24, 2.45) is 0 Å². The summed E-state index contributed by atoms with van der Waals surface area (Å²) in [7, 11) is 1.79. The third kappa shape index (κ3) is 4.41. The fourth-order valence-electron chi connectivity index (χ4n) is 2.07. The summed E-state index contributed by atoms with van der Waals surface area (Å²) in [5, 5.41) is 5.87.